The fourth-order valence-corrected chi connectivity index (χ4v) is 5.21. The van der Waals surface area contributed by atoms with Gasteiger partial charge >= 0.3 is 6.09 Å². The molecule has 4 rings (SSSR count). The number of sulfonamides is 1. The zero-order valence-corrected chi connectivity index (χ0v) is 21.5. The number of ether oxygens (including phenoxy) is 2. The molecule has 2 aromatic rings. The Morgan fingerprint density at radius 2 is 1.83 bits per heavy atom. The molecule has 2 aliphatic rings. The van der Waals surface area contributed by atoms with Crippen LogP contribution in [0.3, 0.4) is 0 Å². The first kappa shape index (κ1) is 26.3. The van der Waals surface area contributed by atoms with E-state index in [9.17, 15) is 22.0 Å². The van der Waals surface area contributed by atoms with E-state index < -0.39 is 45.5 Å². The molecule has 11 heteroatoms. The first-order valence-electron chi connectivity index (χ1n) is 11.7. The third-order valence-corrected chi connectivity index (χ3v) is 6.71. The molecule has 196 valence electrons. The SMILES string of the molecule is CC(C)(C)OC(=O)N[C@H]1C[C@@H](N2Cc3ccc(NS(C)(=O)=O)cc3C2)CO[C@@H]1c1cc(F)ccc1F. The van der Waals surface area contributed by atoms with Gasteiger partial charge in [0.05, 0.1) is 18.9 Å². The lowest BCUT2D eigenvalue weighted by molar-refractivity contribution is -0.0627. The van der Waals surface area contributed by atoms with Crippen LogP contribution in [-0.4, -0.2) is 50.0 Å². The number of nitrogens with zero attached hydrogens (tertiary/aromatic N) is 1. The predicted molar refractivity (Wildman–Crippen MR) is 131 cm³/mol. The Bertz CT molecular complexity index is 1250. The third-order valence-electron chi connectivity index (χ3n) is 6.10. The molecule has 2 N–H and O–H groups in total. The number of alkyl carbamates (subject to hydrolysis) is 1. The van der Waals surface area contributed by atoms with Gasteiger partial charge in [-0.25, -0.2) is 22.0 Å². The molecule has 0 spiro atoms. The fraction of sp³-hybridized carbons (Fsp3) is 0.480. The number of rotatable bonds is 5. The van der Waals surface area contributed by atoms with E-state index >= 15 is 0 Å². The van der Waals surface area contributed by atoms with E-state index in [0.717, 1.165) is 35.6 Å². The van der Waals surface area contributed by atoms with Gasteiger partial charge < -0.3 is 14.8 Å². The van der Waals surface area contributed by atoms with Crippen LogP contribution in [0.2, 0.25) is 0 Å². The molecule has 8 nitrogen and oxygen atoms in total. The number of hydrogen-bond donors (Lipinski definition) is 2. The van der Waals surface area contributed by atoms with Crippen molar-refractivity contribution in [1.82, 2.24) is 10.2 Å². The number of benzene rings is 2. The molecule has 1 saturated heterocycles. The molecule has 2 heterocycles. The molecule has 2 aliphatic heterocycles. The highest BCUT2D eigenvalue weighted by molar-refractivity contribution is 7.92. The maximum atomic E-state index is 14.6. The van der Waals surface area contributed by atoms with Gasteiger partial charge in [-0.05, 0) is 68.7 Å². The second kappa shape index (κ2) is 9.95. The Morgan fingerprint density at radius 1 is 1.11 bits per heavy atom. The highest BCUT2D eigenvalue weighted by Crippen LogP contribution is 2.36. The van der Waals surface area contributed by atoms with Crippen molar-refractivity contribution >= 4 is 21.8 Å². The van der Waals surface area contributed by atoms with E-state index in [1.807, 2.05) is 6.07 Å². The summed E-state index contributed by atoms with van der Waals surface area (Å²) in [5.74, 6) is -1.21. The summed E-state index contributed by atoms with van der Waals surface area (Å²) in [6.07, 6.45) is -0.0380. The molecule has 1 fully saturated rings. The first-order valence-corrected chi connectivity index (χ1v) is 13.6. The van der Waals surface area contributed by atoms with Gasteiger partial charge in [-0.1, -0.05) is 6.07 Å². The van der Waals surface area contributed by atoms with E-state index in [-0.39, 0.29) is 18.2 Å². The molecule has 1 amide bonds. The van der Waals surface area contributed by atoms with Gasteiger partial charge in [-0.2, -0.15) is 0 Å². The Morgan fingerprint density at radius 3 is 2.53 bits per heavy atom. The number of carbonyl (C=O) groups excluding carboxylic acids is 1. The van der Waals surface area contributed by atoms with Crippen molar-refractivity contribution < 1.29 is 31.5 Å². The minimum absolute atomic E-state index is 0.0377. The molecular formula is C25H31F2N3O5S. The predicted octanol–water partition coefficient (Wildman–Crippen LogP) is 4.08. The summed E-state index contributed by atoms with van der Waals surface area (Å²) < 4.78 is 65.7. The normalized spacial score (nSPS) is 22.7. The first-order chi connectivity index (χ1) is 16.8. The molecule has 2 aromatic carbocycles. The number of amides is 1. The molecule has 36 heavy (non-hydrogen) atoms. The van der Waals surface area contributed by atoms with Crippen molar-refractivity contribution in [3.63, 3.8) is 0 Å². The molecule has 3 atom stereocenters. The highest BCUT2D eigenvalue weighted by atomic mass is 32.2. The van der Waals surface area contributed by atoms with Crippen molar-refractivity contribution in [2.24, 2.45) is 0 Å². The van der Waals surface area contributed by atoms with E-state index in [1.54, 1.807) is 32.9 Å². The van der Waals surface area contributed by atoms with E-state index in [2.05, 4.69) is 14.9 Å². The summed E-state index contributed by atoms with van der Waals surface area (Å²) in [7, 11) is -3.39. The molecule has 0 radical (unpaired) electrons. The van der Waals surface area contributed by atoms with Crippen LogP contribution >= 0.6 is 0 Å². The minimum atomic E-state index is -3.39. The molecule has 0 bridgehead atoms. The summed E-state index contributed by atoms with van der Waals surface area (Å²) in [6.45, 7) is 6.64. The average Bonchev–Trinajstić information content (AvgIpc) is 3.16. The Labute approximate surface area is 210 Å². The van der Waals surface area contributed by atoms with Crippen LogP contribution in [0.4, 0.5) is 19.3 Å². The molecule has 0 saturated carbocycles. The summed E-state index contributed by atoms with van der Waals surface area (Å²) in [6, 6.07) is 7.79. The van der Waals surface area contributed by atoms with Gasteiger partial charge in [0, 0.05) is 30.4 Å². The summed E-state index contributed by atoms with van der Waals surface area (Å²) in [4.78, 5) is 14.8. The van der Waals surface area contributed by atoms with Gasteiger partial charge in [0.2, 0.25) is 10.0 Å². The number of fused-ring (bicyclic) bond motifs is 1. The van der Waals surface area contributed by atoms with Gasteiger partial charge in [0.25, 0.3) is 0 Å². The standard InChI is InChI=1S/C25H31F2N3O5S/c1-25(2,3)35-24(31)28-22-11-19(14-34-23(22)20-10-17(26)6-8-21(20)27)30-12-15-5-7-18(9-16(15)13-30)29-36(4,32)33/h5-10,19,22-23,29H,11-14H2,1-4H3,(H,28,31)/t19-,22+,23-/m1/s1. The van der Waals surface area contributed by atoms with Gasteiger partial charge in [-0.15, -0.1) is 0 Å². The Balaban J connectivity index is 1.53. The van der Waals surface area contributed by atoms with E-state index in [0.29, 0.717) is 25.2 Å². The maximum absolute atomic E-state index is 14.6. The second-order valence-electron chi connectivity index (χ2n) is 10.3. The van der Waals surface area contributed by atoms with Crippen LogP contribution in [0.25, 0.3) is 0 Å². The summed E-state index contributed by atoms with van der Waals surface area (Å²) in [5.41, 5.74) is 1.84. The van der Waals surface area contributed by atoms with Crippen LogP contribution in [0.5, 0.6) is 0 Å². The van der Waals surface area contributed by atoms with Crippen molar-refractivity contribution in [3.8, 4) is 0 Å². The lowest BCUT2D eigenvalue weighted by Gasteiger charge is -2.40. The number of halogens is 2. The van der Waals surface area contributed by atoms with Crippen molar-refractivity contribution in [1.29, 1.82) is 0 Å². The number of carbonyl (C=O) groups is 1. The number of nitrogens with one attached hydrogen (secondary N) is 2. The van der Waals surface area contributed by atoms with Crippen molar-refractivity contribution in [2.45, 2.75) is 64.1 Å². The maximum Gasteiger partial charge on any atom is 0.407 e. The van der Waals surface area contributed by atoms with Crippen LogP contribution in [0.15, 0.2) is 36.4 Å². The fourth-order valence-electron chi connectivity index (χ4n) is 4.66. The zero-order chi connectivity index (χ0) is 26.3. The number of hydrogen-bond acceptors (Lipinski definition) is 6. The smallest absolute Gasteiger partial charge is 0.407 e. The highest BCUT2D eigenvalue weighted by Gasteiger charge is 2.39. The lowest BCUT2D eigenvalue weighted by Crippen LogP contribution is -2.52. The van der Waals surface area contributed by atoms with Crippen LogP contribution in [0.1, 0.15) is 50.0 Å². The topological polar surface area (TPSA) is 97.0 Å². The van der Waals surface area contributed by atoms with Crippen LogP contribution in [0, 0.1) is 11.6 Å². The number of anilines is 1. The van der Waals surface area contributed by atoms with E-state index in [1.165, 1.54) is 0 Å². The van der Waals surface area contributed by atoms with Gasteiger partial charge in [-0.3, -0.25) is 9.62 Å². The van der Waals surface area contributed by atoms with E-state index in [4.69, 9.17) is 9.47 Å². The van der Waals surface area contributed by atoms with Gasteiger partial charge in [0.15, 0.2) is 0 Å². The Hall–Kier alpha value is -2.76. The minimum Gasteiger partial charge on any atom is -0.444 e. The summed E-state index contributed by atoms with van der Waals surface area (Å²) >= 11 is 0. The van der Waals surface area contributed by atoms with Crippen molar-refractivity contribution in [2.75, 3.05) is 17.6 Å². The second-order valence-corrected chi connectivity index (χ2v) is 12.1. The molecule has 0 aliphatic carbocycles. The largest absolute Gasteiger partial charge is 0.444 e. The quantitative estimate of drug-likeness (QED) is 0.613. The van der Waals surface area contributed by atoms with Gasteiger partial charge in [0.1, 0.15) is 23.3 Å². The molecule has 0 unspecified atom stereocenters. The average molecular weight is 524 g/mol. The van der Waals surface area contributed by atoms with Crippen LogP contribution < -0.4 is 10.0 Å². The monoisotopic (exact) mass is 523 g/mol. The molecular weight excluding hydrogens is 492 g/mol. The van der Waals surface area contributed by atoms with Crippen LogP contribution in [-0.2, 0) is 32.6 Å². The van der Waals surface area contributed by atoms with Crippen molar-refractivity contribution in [3.05, 3.63) is 64.7 Å². The molecule has 0 aromatic heterocycles. The third kappa shape index (κ3) is 6.51. The Kier molecular flexibility index (Phi) is 7.27. The summed E-state index contributed by atoms with van der Waals surface area (Å²) in [5, 5.41) is 2.80. The lowest BCUT2D eigenvalue weighted by atomic mass is 9.92. The zero-order valence-electron chi connectivity index (χ0n) is 20.7.